The number of nitrogens with zero attached hydrogens (tertiary/aromatic N) is 5. The maximum absolute atomic E-state index is 9.57. The van der Waals surface area contributed by atoms with Crippen molar-refractivity contribution in [2.24, 2.45) is 0 Å². The summed E-state index contributed by atoms with van der Waals surface area (Å²) in [6.45, 7) is 6.66. The minimum Gasteiger partial charge on any atom is -0.458 e. The van der Waals surface area contributed by atoms with Gasteiger partial charge in [0.05, 0.1) is 51.3 Å². The van der Waals surface area contributed by atoms with Gasteiger partial charge in [0.1, 0.15) is 28.5 Å². The van der Waals surface area contributed by atoms with Crippen LogP contribution in [0.25, 0.3) is 155 Å². The van der Waals surface area contributed by atoms with Gasteiger partial charge in [-0.05, 0) is 158 Å². The number of imidazole rings is 1. The number of para-hydroxylation sites is 5. The lowest BCUT2D eigenvalue weighted by Gasteiger charge is -2.21. The molecule has 0 radical (unpaired) electrons. The van der Waals surface area contributed by atoms with Crippen LogP contribution < -0.4 is 9.30 Å². The number of fused-ring (bicyclic) bond motifs is 16. The van der Waals surface area contributed by atoms with Gasteiger partial charge in [-0.2, -0.15) is 0 Å². The zero-order chi connectivity index (χ0) is 63.4. The molecule has 0 atom stereocenters. The fourth-order valence-corrected chi connectivity index (χ4v) is 13.9. The van der Waals surface area contributed by atoms with Crippen molar-refractivity contribution in [3.63, 3.8) is 0 Å². The van der Waals surface area contributed by atoms with Crippen LogP contribution in [-0.2, 0) is 5.41 Å². The zero-order valence-corrected chi connectivity index (χ0v) is 48.7. The quantitative estimate of drug-likeness (QED) is 0.118. The number of hydrogen-bond donors (Lipinski definition) is 0. The van der Waals surface area contributed by atoms with Gasteiger partial charge in [0.25, 0.3) is 6.33 Å². The van der Waals surface area contributed by atoms with Gasteiger partial charge >= 0.3 is 0 Å². The SMILES string of the molecule is [2H]c1c([2H])c([2H])c(-c2cccc3c2-c2cccc(-c4ccc5oc6ccccc6c5c4)c2-[n+]2[c-]n(-c4cccc(Oc5ccc6c7ccccc7n(-c7cc(C(C)(C)C)ccn7)c6c5)c4)c4cc(-n5c6ccccc6c6ccccc65)cc(c42)-c2ccccc2-3)c([2H])c1[2H]. The number of benzene rings is 12. The van der Waals surface area contributed by atoms with Gasteiger partial charge in [-0.3, -0.25) is 13.7 Å². The van der Waals surface area contributed by atoms with Crippen molar-refractivity contribution in [1.29, 1.82) is 0 Å². The molecule has 1 aliphatic heterocycles. The molecule has 12 aromatic carbocycles. The molecule has 0 bridgehead atoms. The van der Waals surface area contributed by atoms with Crippen LogP contribution in [-0.4, -0.2) is 18.7 Å². The third-order valence-electron chi connectivity index (χ3n) is 17.9. The van der Waals surface area contributed by atoms with Crippen molar-refractivity contribution in [3.8, 4) is 90.0 Å². The summed E-state index contributed by atoms with van der Waals surface area (Å²) in [7, 11) is 0. The summed E-state index contributed by atoms with van der Waals surface area (Å²) < 4.78 is 68.4. The lowest BCUT2D eigenvalue weighted by Crippen LogP contribution is -2.32. The third kappa shape index (κ3) is 7.91. The van der Waals surface area contributed by atoms with Crippen LogP contribution >= 0.6 is 0 Å². The summed E-state index contributed by atoms with van der Waals surface area (Å²) in [6.07, 6.45) is 5.94. The van der Waals surface area contributed by atoms with Crippen LogP contribution in [0.3, 0.4) is 0 Å². The first-order valence-corrected chi connectivity index (χ1v) is 30.0. The van der Waals surface area contributed by atoms with Crippen molar-refractivity contribution in [1.82, 2.24) is 18.7 Å². The molecule has 0 amide bonds. The molecule has 18 rings (SSSR count). The predicted octanol–water partition coefficient (Wildman–Crippen LogP) is 20.9. The average molecular weight is 1150 g/mol. The van der Waals surface area contributed by atoms with E-state index < -0.39 is 18.1 Å². The monoisotopic (exact) mass is 1150 g/mol. The Morgan fingerprint density at radius 3 is 1.82 bits per heavy atom. The second-order valence-electron chi connectivity index (χ2n) is 24.1. The minimum absolute atomic E-state index is 0.0883. The number of ether oxygens (including phenoxy) is 1. The molecule has 0 unspecified atom stereocenters. The van der Waals surface area contributed by atoms with Gasteiger partial charge in [-0.1, -0.05) is 197 Å². The Labute approximate surface area is 520 Å². The lowest BCUT2D eigenvalue weighted by atomic mass is 9.84. The summed E-state index contributed by atoms with van der Waals surface area (Å²) in [4.78, 5) is 4.96. The molecule has 0 aliphatic carbocycles. The van der Waals surface area contributed by atoms with E-state index in [2.05, 4.69) is 227 Å². The van der Waals surface area contributed by atoms with E-state index >= 15 is 0 Å². The van der Waals surface area contributed by atoms with E-state index in [0.717, 1.165) is 138 Å². The Kier molecular flexibility index (Phi) is 10.0. The number of aromatic nitrogens is 5. The van der Waals surface area contributed by atoms with Gasteiger partial charge < -0.3 is 13.7 Å². The van der Waals surface area contributed by atoms with Gasteiger partial charge in [0.2, 0.25) is 0 Å². The highest BCUT2D eigenvalue weighted by Crippen LogP contribution is 2.50. The first-order chi connectivity index (χ1) is 45.8. The van der Waals surface area contributed by atoms with Crippen molar-refractivity contribution >= 4 is 76.6 Å². The van der Waals surface area contributed by atoms with Gasteiger partial charge in [-0.25, -0.2) is 4.98 Å². The molecular formula is C82H55N5O2. The van der Waals surface area contributed by atoms with Crippen LogP contribution in [0, 0.1) is 6.33 Å². The van der Waals surface area contributed by atoms with E-state index in [9.17, 15) is 2.74 Å². The molecule has 0 N–H and O–H groups in total. The molecule has 7 nitrogen and oxygen atoms in total. The molecule has 0 saturated carbocycles. The zero-order valence-electron chi connectivity index (χ0n) is 53.7. The van der Waals surface area contributed by atoms with Crippen LogP contribution in [0.1, 0.15) is 33.2 Å². The Morgan fingerprint density at radius 2 is 1.06 bits per heavy atom. The van der Waals surface area contributed by atoms with Crippen molar-refractivity contribution < 1.29 is 20.6 Å². The minimum atomic E-state index is -0.456. The van der Waals surface area contributed by atoms with Crippen molar-refractivity contribution in [3.05, 3.63) is 291 Å². The normalized spacial score (nSPS) is 13.0. The maximum Gasteiger partial charge on any atom is 0.269 e. The number of hydrogen-bond acceptors (Lipinski definition) is 3. The van der Waals surface area contributed by atoms with E-state index in [1.165, 1.54) is 5.56 Å². The first kappa shape index (κ1) is 45.8. The van der Waals surface area contributed by atoms with E-state index in [-0.39, 0.29) is 23.1 Å². The Bertz CT molecular complexity index is 6020. The van der Waals surface area contributed by atoms with E-state index in [0.29, 0.717) is 22.6 Å². The average Bonchev–Trinajstić information content (AvgIpc) is 1.50. The highest BCUT2D eigenvalue weighted by Gasteiger charge is 2.30. The van der Waals surface area contributed by atoms with Crippen molar-refractivity contribution in [2.45, 2.75) is 26.2 Å². The van der Waals surface area contributed by atoms with E-state index in [1.54, 1.807) is 0 Å². The molecule has 0 fully saturated rings. The number of rotatable bonds is 7. The molecule has 7 heteroatoms. The molecular weight excluding hydrogens is 1090 g/mol. The molecule has 17 aromatic rings. The van der Waals surface area contributed by atoms with Gasteiger partial charge in [-0.15, -0.1) is 0 Å². The number of pyridine rings is 1. The summed E-state index contributed by atoms with van der Waals surface area (Å²) in [5, 5.41) is 6.41. The van der Waals surface area contributed by atoms with E-state index in [1.807, 2.05) is 66.9 Å². The van der Waals surface area contributed by atoms with Crippen LogP contribution in [0.2, 0.25) is 0 Å². The molecule has 89 heavy (non-hydrogen) atoms. The fraction of sp³-hybridized carbons (Fsp3) is 0.0488. The molecule has 6 heterocycles. The van der Waals surface area contributed by atoms with E-state index in [4.69, 9.17) is 18.3 Å². The smallest absolute Gasteiger partial charge is 0.269 e. The Balaban J connectivity index is 0.933. The molecule has 1 aliphatic rings. The topological polar surface area (TPSA) is 53.9 Å². The fourth-order valence-electron chi connectivity index (χ4n) is 13.9. The molecule has 5 aromatic heterocycles. The maximum atomic E-state index is 9.57. The highest BCUT2D eigenvalue weighted by molar-refractivity contribution is 6.12. The lowest BCUT2D eigenvalue weighted by molar-refractivity contribution is -0.570. The predicted molar refractivity (Wildman–Crippen MR) is 363 cm³/mol. The largest absolute Gasteiger partial charge is 0.458 e. The van der Waals surface area contributed by atoms with Crippen LogP contribution in [0.15, 0.2) is 283 Å². The van der Waals surface area contributed by atoms with Crippen LogP contribution in [0.4, 0.5) is 0 Å². The molecule has 420 valence electrons. The Morgan fingerprint density at radius 1 is 0.438 bits per heavy atom. The van der Waals surface area contributed by atoms with Crippen LogP contribution in [0.5, 0.6) is 11.5 Å². The van der Waals surface area contributed by atoms with Gasteiger partial charge in [0, 0.05) is 50.3 Å². The summed E-state index contributed by atoms with van der Waals surface area (Å²) in [6, 6.07) is 82.0. The standard InChI is InChI=1S/C82H55N5O2/c1-82(2,3)53-42-43-83-78(45-53)87-73-36-15-11-28-64(73)65-40-39-57(49-74(65)87)88-56-23-17-22-54(46-56)84-50-85-80-59(52-38-41-77-69(44-52)66-29-12-16-37-76(66)89-77)31-19-33-68(80)79-58(51-20-5-4-6-21-51)30-18-32-67(79)60-24-7-8-25-61(60)70-47-55(48-75(84)81(70)85)86-71-34-13-9-26-62(71)63-27-10-14-35-72(63)86/h4-49H,1-3H3/i4D,5D,6D,20D,21D. The Hall–Kier alpha value is -11.5. The van der Waals surface area contributed by atoms with Crippen molar-refractivity contribution in [2.75, 3.05) is 0 Å². The highest BCUT2D eigenvalue weighted by atomic mass is 16.5. The summed E-state index contributed by atoms with van der Waals surface area (Å²) in [5.74, 6) is 2.09. The summed E-state index contributed by atoms with van der Waals surface area (Å²) >= 11 is 0. The number of furan rings is 1. The molecule has 0 saturated heterocycles. The second kappa shape index (κ2) is 19.5. The second-order valence-corrected chi connectivity index (χ2v) is 24.1. The first-order valence-electron chi connectivity index (χ1n) is 32.5. The molecule has 0 spiro atoms. The van der Waals surface area contributed by atoms with Gasteiger partial charge in [0.15, 0.2) is 0 Å². The summed E-state index contributed by atoms with van der Waals surface area (Å²) in [5.41, 5.74) is 18.3. The third-order valence-corrected chi connectivity index (χ3v) is 17.9.